The molecule has 1 amide bonds. The fourth-order valence-electron chi connectivity index (χ4n) is 3.70. The molecule has 2 aromatic carbocycles. The first-order valence-corrected chi connectivity index (χ1v) is 9.55. The molecule has 0 saturated carbocycles. The van der Waals surface area contributed by atoms with E-state index in [1.807, 2.05) is 36.4 Å². The largest absolute Gasteiger partial charge is 0.441 e. The second kappa shape index (κ2) is 7.73. The van der Waals surface area contributed by atoms with Gasteiger partial charge in [0.15, 0.2) is 11.5 Å². The van der Waals surface area contributed by atoms with Crippen LogP contribution in [0.15, 0.2) is 52.9 Å². The van der Waals surface area contributed by atoms with Gasteiger partial charge in [0.1, 0.15) is 5.52 Å². The first-order chi connectivity index (χ1) is 13.6. The van der Waals surface area contributed by atoms with Crippen LogP contribution in [0.5, 0.6) is 0 Å². The fourth-order valence-corrected chi connectivity index (χ4v) is 3.70. The minimum Gasteiger partial charge on any atom is -0.441 e. The van der Waals surface area contributed by atoms with Crippen molar-refractivity contribution in [2.45, 2.75) is 24.9 Å². The third-order valence-electron chi connectivity index (χ3n) is 5.39. The van der Waals surface area contributed by atoms with Gasteiger partial charge in [-0.15, -0.1) is 0 Å². The number of oxazole rings is 1. The molecule has 1 aromatic heterocycles. The molecule has 1 fully saturated rings. The van der Waals surface area contributed by atoms with Crippen molar-refractivity contribution in [3.63, 3.8) is 0 Å². The number of piperidine rings is 1. The van der Waals surface area contributed by atoms with Gasteiger partial charge >= 0.3 is 0 Å². The van der Waals surface area contributed by atoms with Crippen molar-refractivity contribution >= 4 is 17.0 Å². The Morgan fingerprint density at radius 2 is 1.96 bits per heavy atom. The van der Waals surface area contributed by atoms with Crippen LogP contribution in [0.1, 0.15) is 34.7 Å². The lowest BCUT2D eigenvalue weighted by Crippen LogP contribution is -2.45. The van der Waals surface area contributed by atoms with Gasteiger partial charge in [-0.05, 0) is 36.6 Å². The predicted molar refractivity (Wildman–Crippen MR) is 105 cm³/mol. The molecule has 1 saturated heterocycles. The molecule has 0 aliphatic carbocycles. The molecule has 2 heterocycles. The summed E-state index contributed by atoms with van der Waals surface area (Å²) < 4.78 is 10.8. The third kappa shape index (κ3) is 3.66. The molecule has 0 unspecified atom stereocenters. The highest BCUT2D eigenvalue weighted by Gasteiger charge is 2.35. The van der Waals surface area contributed by atoms with Crippen molar-refractivity contribution in [2.24, 2.45) is 0 Å². The number of amides is 1. The Hall–Kier alpha value is -2.70. The van der Waals surface area contributed by atoms with E-state index in [1.54, 1.807) is 24.1 Å². The lowest BCUT2D eigenvalue weighted by molar-refractivity contribution is -0.0211. The Morgan fingerprint density at radius 3 is 2.68 bits per heavy atom. The summed E-state index contributed by atoms with van der Waals surface area (Å²) in [5.41, 5.74) is 1.96. The average molecular weight is 380 g/mol. The molecule has 4 rings (SSSR count). The van der Waals surface area contributed by atoms with Gasteiger partial charge in [-0.3, -0.25) is 4.79 Å². The van der Waals surface area contributed by atoms with Gasteiger partial charge in [0.25, 0.3) is 5.91 Å². The molecule has 0 bridgehead atoms. The van der Waals surface area contributed by atoms with Gasteiger partial charge in [-0.2, -0.15) is 0 Å². The second-order valence-electron chi connectivity index (χ2n) is 7.22. The van der Waals surface area contributed by atoms with Gasteiger partial charge in [-0.25, -0.2) is 4.98 Å². The maximum atomic E-state index is 12.9. The van der Waals surface area contributed by atoms with Crippen LogP contribution in [-0.2, 0) is 16.8 Å². The molecule has 146 valence electrons. The Labute approximate surface area is 163 Å². The Morgan fingerprint density at radius 1 is 1.21 bits per heavy atom. The molecule has 0 atom stereocenters. The summed E-state index contributed by atoms with van der Waals surface area (Å²) in [6.07, 6.45) is 1.64. The van der Waals surface area contributed by atoms with Crippen LogP contribution in [0.4, 0.5) is 0 Å². The van der Waals surface area contributed by atoms with Gasteiger partial charge < -0.3 is 19.2 Å². The summed E-state index contributed by atoms with van der Waals surface area (Å²) in [6.45, 7) is 1.56. The molecule has 0 spiro atoms. The molecule has 1 aliphatic rings. The number of aliphatic hydroxyl groups is 1. The number of fused-ring (bicyclic) bond motifs is 1. The predicted octanol–water partition coefficient (Wildman–Crippen LogP) is 3.14. The Balaban J connectivity index is 1.46. The van der Waals surface area contributed by atoms with Crippen LogP contribution in [0, 0.1) is 0 Å². The van der Waals surface area contributed by atoms with Crippen molar-refractivity contribution in [3.8, 4) is 0 Å². The summed E-state index contributed by atoms with van der Waals surface area (Å²) in [6, 6.07) is 15.0. The summed E-state index contributed by atoms with van der Waals surface area (Å²) in [5.74, 6) is 0.555. The monoisotopic (exact) mass is 380 g/mol. The molecular weight excluding hydrogens is 356 g/mol. The number of carbonyl (C=O) groups is 1. The standard InChI is InChI=1S/C22H24N2O4/c1-27-14-9-20-23-18-8-7-16(15-19(18)28-20)21(25)24-12-10-22(26,11-13-24)17-5-3-2-4-6-17/h2-8,15,26H,9-14H2,1H3. The zero-order chi connectivity index (χ0) is 19.6. The maximum absolute atomic E-state index is 12.9. The first-order valence-electron chi connectivity index (χ1n) is 9.55. The molecule has 0 radical (unpaired) electrons. The Bertz CT molecular complexity index is 959. The van der Waals surface area contributed by atoms with Gasteiger partial charge in [0, 0.05) is 32.2 Å². The topological polar surface area (TPSA) is 75.8 Å². The maximum Gasteiger partial charge on any atom is 0.253 e. The number of benzene rings is 2. The van der Waals surface area contributed by atoms with Crippen LogP contribution in [0.2, 0.25) is 0 Å². The minimum atomic E-state index is -0.872. The molecular formula is C22H24N2O4. The molecule has 3 aromatic rings. The summed E-state index contributed by atoms with van der Waals surface area (Å²) in [5, 5.41) is 11.0. The van der Waals surface area contributed by atoms with E-state index in [9.17, 15) is 9.90 Å². The zero-order valence-corrected chi connectivity index (χ0v) is 15.9. The molecule has 6 nitrogen and oxygen atoms in total. The molecule has 1 N–H and O–H groups in total. The number of rotatable bonds is 5. The SMILES string of the molecule is COCCc1nc2ccc(C(=O)N3CCC(O)(c4ccccc4)CC3)cc2o1. The number of ether oxygens (including phenoxy) is 1. The summed E-state index contributed by atoms with van der Waals surface area (Å²) in [7, 11) is 1.64. The number of likely N-dealkylation sites (tertiary alicyclic amines) is 1. The zero-order valence-electron chi connectivity index (χ0n) is 15.9. The summed E-state index contributed by atoms with van der Waals surface area (Å²) in [4.78, 5) is 19.1. The summed E-state index contributed by atoms with van der Waals surface area (Å²) >= 11 is 0. The fraction of sp³-hybridized carbons (Fsp3) is 0.364. The number of methoxy groups -OCH3 is 1. The quantitative estimate of drug-likeness (QED) is 0.736. The van der Waals surface area contributed by atoms with Crippen LogP contribution >= 0.6 is 0 Å². The first kappa shape index (κ1) is 18.7. The van der Waals surface area contributed by atoms with Crippen LogP contribution in [-0.4, -0.2) is 47.7 Å². The highest BCUT2D eigenvalue weighted by Crippen LogP contribution is 2.33. The number of nitrogens with zero attached hydrogens (tertiary/aromatic N) is 2. The van der Waals surface area contributed by atoms with E-state index >= 15 is 0 Å². The highest BCUT2D eigenvalue weighted by molar-refractivity contribution is 5.97. The van der Waals surface area contributed by atoms with Crippen LogP contribution < -0.4 is 0 Å². The average Bonchev–Trinajstić information content (AvgIpc) is 3.15. The number of hydrogen-bond acceptors (Lipinski definition) is 5. The smallest absolute Gasteiger partial charge is 0.253 e. The lowest BCUT2D eigenvalue weighted by atomic mass is 9.84. The van der Waals surface area contributed by atoms with Crippen molar-refractivity contribution in [1.82, 2.24) is 9.88 Å². The van der Waals surface area contributed by atoms with E-state index in [0.29, 0.717) is 56.0 Å². The van der Waals surface area contributed by atoms with Crippen molar-refractivity contribution < 1.29 is 19.1 Å². The number of carbonyl (C=O) groups excluding carboxylic acids is 1. The Kier molecular flexibility index (Phi) is 5.15. The van der Waals surface area contributed by atoms with Gasteiger partial charge in [-0.1, -0.05) is 30.3 Å². The van der Waals surface area contributed by atoms with E-state index in [2.05, 4.69) is 4.98 Å². The normalized spacial score (nSPS) is 16.4. The third-order valence-corrected chi connectivity index (χ3v) is 5.39. The van der Waals surface area contributed by atoms with Crippen molar-refractivity contribution in [1.29, 1.82) is 0 Å². The van der Waals surface area contributed by atoms with E-state index in [0.717, 1.165) is 11.1 Å². The second-order valence-corrected chi connectivity index (χ2v) is 7.22. The van der Waals surface area contributed by atoms with Crippen LogP contribution in [0.25, 0.3) is 11.1 Å². The van der Waals surface area contributed by atoms with E-state index in [4.69, 9.17) is 9.15 Å². The van der Waals surface area contributed by atoms with Crippen molar-refractivity contribution in [3.05, 3.63) is 65.5 Å². The minimum absolute atomic E-state index is 0.0492. The number of aromatic nitrogens is 1. The van der Waals surface area contributed by atoms with E-state index in [1.165, 1.54) is 0 Å². The number of hydrogen-bond donors (Lipinski definition) is 1. The molecule has 1 aliphatic heterocycles. The van der Waals surface area contributed by atoms with E-state index in [-0.39, 0.29) is 5.91 Å². The molecule has 6 heteroatoms. The lowest BCUT2D eigenvalue weighted by Gasteiger charge is -2.38. The van der Waals surface area contributed by atoms with Crippen LogP contribution in [0.3, 0.4) is 0 Å². The highest BCUT2D eigenvalue weighted by atomic mass is 16.5. The molecule has 28 heavy (non-hydrogen) atoms. The van der Waals surface area contributed by atoms with Gasteiger partial charge in [0.2, 0.25) is 0 Å². The van der Waals surface area contributed by atoms with Crippen molar-refractivity contribution in [2.75, 3.05) is 26.8 Å². The van der Waals surface area contributed by atoms with E-state index < -0.39 is 5.60 Å². The van der Waals surface area contributed by atoms with Gasteiger partial charge in [0.05, 0.1) is 12.2 Å².